The monoisotopic (exact) mass is 674 g/mol. The van der Waals surface area contributed by atoms with Crippen LogP contribution in [-0.2, 0) is 0 Å². The molecule has 2 heteroatoms. The molecule has 5 rings (SSSR count). The molecule has 220 valence electrons. The Kier molecular flexibility index (Phi) is 10.8. The van der Waals surface area contributed by atoms with Crippen molar-refractivity contribution in [3.05, 3.63) is 91.0 Å². The van der Waals surface area contributed by atoms with E-state index >= 15 is 0 Å². The minimum absolute atomic E-state index is 0.159. The zero-order valence-corrected chi connectivity index (χ0v) is 30.4. The van der Waals surface area contributed by atoms with Gasteiger partial charge in [-0.25, -0.2) is 0 Å². The molecule has 2 fully saturated rings. The molecule has 3 aromatic rings. The third-order valence-corrected chi connectivity index (χ3v) is 33.3. The van der Waals surface area contributed by atoms with Crippen LogP contribution in [-0.4, -0.2) is 33.9 Å². The Morgan fingerprint density at radius 1 is 0.561 bits per heavy atom. The van der Waals surface area contributed by atoms with Gasteiger partial charge in [0.15, 0.2) is 0 Å². The molecule has 0 spiro atoms. The molecule has 2 aliphatic carbocycles. The number of rotatable bonds is 9. The fourth-order valence-electron chi connectivity index (χ4n) is 8.76. The minimum atomic E-state index is -3.40. The van der Waals surface area contributed by atoms with Gasteiger partial charge in [-0.15, -0.1) is 0 Å². The summed E-state index contributed by atoms with van der Waals surface area (Å²) in [6.45, 7) is 15.3. The fourth-order valence-corrected chi connectivity index (χ4v) is 36.8. The molecular formula is C39H55PSn. The normalized spacial score (nSPS) is 28.1. The van der Waals surface area contributed by atoms with Crippen molar-refractivity contribution in [1.29, 1.82) is 0 Å². The van der Waals surface area contributed by atoms with Crippen molar-refractivity contribution in [1.82, 2.24) is 0 Å². The van der Waals surface area contributed by atoms with Gasteiger partial charge in [0.2, 0.25) is 0 Å². The third kappa shape index (κ3) is 6.85. The Bertz CT molecular complexity index is 1060. The Labute approximate surface area is 257 Å². The van der Waals surface area contributed by atoms with Crippen LogP contribution in [0, 0.1) is 35.5 Å². The van der Waals surface area contributed by atoms with Crippen LogP contribution in [0.1, 0.15) is 80.1 Å². The van der Waals surface area contributed by atoms with Crippen LogP contribution < -0.4 is 10.7 Å². The molecule has 3 aromatic carbocycles. The molecule has 0 N–H and O–H groups in total. The standard InChI is InChI=1S/C21H40P.3C6H5.Sn/c1-14(2)18-10-8-16(5)12-20(18)22(7)21-13-17(6)9-11-19(21)15(3)4;3*1-2-4-6-5-3-1;/h14-21H,7-13H2,1-6H3;3*1-5H;. The summed E-state index contributed by atoms with van der Waals surface area (Å²) >= 11 is -3.40. The van der Waals surface area contributed by atoms with Crippen LogP contribution in [0.15, 0.2) is 91.0 Å². The summed E-state index contributed by atoms with van der Waals surface area (Å²) in [5.74, 6) is 5.07. The first-order chi connectivity index (χ1) is 19.8. The second-order valence-electron chi connectivity index (χ2n) is 14.5. The summed E-state index contributed by atoms with van der Waals surface area (Å²) in [6.07, 6.45) is 8.68. The predicted molar refractivity (Wildman–Crippen MR) is 186 cm³/mol. The SMILES string of the molecule is CC1CCC(C(C)C)C(P([CH2][Sn]([c]2ccccc2)([c]2ccccc2)[c]2ccccc2)C2CC(C)CCC2C(C)C)C1. The van der Waals surface area contributed by atoms with E-state index in [2.05, 4.69) is 133 Å². The van der Waals surface area contributed by atoms with Gasteiger partial charge in [0.05, 0.1) is 0 Å². The molecule has 0 amide bonds. The van der Waals surface area contributed by atoms with Gasteiger partial charge < -0.3 is 0 Å². The van der Waals surface area contributed by atoms with E-state index < -0.39 is 18.4 Å². The van der Waals surface area contributed by atoms with Gasteiger partial charge in [0.25, 0.3) is 0 Å². The molecule has 0 nitrogen and oxygen atoms in total. The van der Waals surface area contributed by atoms with E-state index in [-0.39, 0.29) is 7.92 Å². The van der Waals surface area contributed by atoms with Gasteiger partial charge in [-0.3, -0.25) is 0 Å². The molecule has 0 saturated heterocycles. The van der Waals surface area contributed by atoms with Gasteiger partial charge in [-0.2, -0.15) is 0 Å². The maximum absolute atomic E-state index is 3.40. The van der Waals surface area contributed by atoms with E-state index in [9.17, 15) is 0 Å². The van der Waals surface area contributed by atoms with E-state index in [1.165, 1.54) is 42.7 Å². The first-order valence-electron chi connectivity index (χ1n) is 16.7. The summed E-state index contributed by atoms with van der Waals surface area (Å²) in [7, 11) is -0.159. The van der Waals surface area contributed by atoms with Gasteiger partial charge in [-0.05, 0) is 0 Å². The van der Waals surface area contributed by atoms with E-state index in [4.69, 9.17) is 0 Å². The van der Waals surface area contributed by atoms with Crippen LogP contribution in [0.2, 0.25) is 0 Å². The van der Waals surface area contributed by atoms with Crippen LogP contribution in [0.3, 0.4) is 0 Å². The maximum atomic E-state index is 2.57. The molecule has 0 aliphatic heterocycles. The van der Waals surface area contributed by atoms with Crippen molar-refractivity contribution in [3.63, 3.8) is 0 Å². The Hall–Kier alpha value is -1.11. The molecule has 41 heavy (non-hydrogen) atoms. The van der Waals surface area contributed by atoms with Gasteiger partial charge in [-0.1, -0.05) is 0 Å². The van der Waals surface area contributed by atoms with Crippen molar-refractivity contribution >= 4 is 37.0 Å². The van der Waals surface area contributed by atoms with Crippen molar-refractivity contribution < 1.29 is 0 Å². The van der Waals surface area contributed by atoms with Crippen LogP contribution in [0.5, 0.6) is 0 Å². The number of hydrogen-bond acceptors (Lipinski definition) is 0. The van der Waals surface area contributed by atoms with Gasteiger partial charge >= 0.3 is 259 Å². The average molecular weight is 674 g/mol. The van der Waals surface area contributed by atoms with Crippen molar-refractivity contribution in [3.8, 4) is 0 Å². The molecule has 2 saturated carbocycles. The number of benzene rings is 3. The Balaban J connectivity index is 1.75. The first kappa shape index (κ1) is 31.3. The summed E-state index contributed by atoms with van der Waals surface area (Å²) < 4.78 is 6.52. The fraction of sp³-hybridized carbons (Fsp3) is 0.538. The quantitative estimate of drug-likeness (QED) is 0.157. The van der Waals surface area contributed by atoms with Crippen LogP contribution in [0.25, 0.3) is 0 Å². The molecule has 2 aliphatic rings. The van der Waals surface area contributed by atoms with E-state index in [0.29, 0.717) is 0 Å². The summed E-state index contributed by atoms with van der Waals surface area (Å²) in [5, 5.41) is 0. The zero-order valence-electron chi connectivity index (χ0n) is 26.7. The zero-order chi connectivity index (χ0) is 29.0. The molecule has 0 bridgehead atoms. The third-order valence-electron chi connectivity index (χ3n) is 11.0. The summed E-state index contributed by atoms with van der Waals surface area (Å²) in [6, 6.07) is 35.8. The number of hydrogen-bond donors (Lipinski definition) is 0. The second-order valence-corrected chi connectivity index (χ2v) is 30.0. The van der Waals surface area contributed by atoms with Crippen LogP contribution >= 0.6 is 7.92 Å². The topological polar surface area (TPSA) is 0 Å². The van der Waals surface area contributed by atoms with E-state index in [1.807, 2.05) is 0 Å². The van der Waals surface area contributed by atoms with Crippen molar-refractivity contribution in [2.75, 3.05) is 4.18 Å². The van der Waals surface area contributed by atoms with Gasteiger partial charge in [0, 0.05) is 0 Å². The van der Waals surface area contributed by atoms with E-state index in [0.717, 1.165) is 46.8 Å². The molecule has 0 aromatic heterocycles. The van der Waals surface area contributed by atoms with Crippen molar-refractivity contribution in [2.45, 2.75) is 91.4 Å². The molecular weight excluding hydrogens is 618 g/mol. The predicted octanol–water partition coefficient (Wildman–Crippen LogP) is 9.10. The van der Waals surface area contributed by atoms with Gasteiger partial charge in [0.1, 0.15) is 0 Å². The average Bonchev–Trinajstić information content (AvgIpc) is 2.99. The Morgan fingerprint density at radius 3 is 1.22 bits per heavy atom. The molecule has 6 unspecified atom stereocenters. The Morgan fingerprint density at radius 2 is 0.902 bits per heavy atom. The van der Waals surface area contributed by atoms with Crippen molar-refractivity contribution in [2.24, 2.45) is 35.5 Å². The summed E-state index contributed by atoms with van der Waals surface area (Å²) in [4.78, 5) is 0. The molecule has 6 atom stereocenters. The van der Waals surface area contributed by atoms with E-state index in [1.54, 1.807) is 10.7 Å². The first-order valence-corrected chi connectivity index (χ1v) is 24.7. The van der Waals surface area contributed by atoms with Crippen LogP contribution in [0.4, 0.5) is 0 Å². The second kappa shape index (κ2) is 14.1. The molecule has 0 heterocycles. The summed E-state index contributed by atoms with van der Waals surface area (Å²) in [5.41, 5.74) is 1.80. The molecule has 0 radical (unpaired) electrons.